The number of hydrogen-bond acceptors (Lipinski definition) is 2. The molecular weight excluding hydrogens is 116 g/mol. The summed E-state index contributed by atoms with van der Waals surface area (Å²) in [7, 11) is 0. The van der Waals surface area contributed by atoms with Gasteiger partial charge in [-0.15, -0.1) is 0 Å². The molecule has 50 valence electrons. The zero-order valence-corrected chi connectivity index (χ0v) is 5.59. The normalized spacial score (nSPS) is 34.3. The van der Waals surface area contributed by atoms with Crippen LogP contribution in [0.25, 0.3) is 0 Å². The quantitative estimate of drug-likeness (QED) is 0.445. The van der Waals surface area contributed by atoms with Crippen LogP contribution in [0.1, 0.15) is 13.8 Å². The van der Waals surface area contributed by atoms with Crippen LogP contribution in [0.5, 0.6) is 0 Å². The van der Waals surface area contributed by atoms with Crippen molar-refractivity contribution in [1.82, 2.24) is 0 Å². The fourth-order valence-electron chi connectivity index (χ4n) is 0.677. The number of nitrogens with one attached hydrogen (secondary N) is 1. The number of hydroxylamine groups is 2. The second kappa shape index (κ2) is 2.29. The van der Waals surface area contributed by atoms with Gasteiger partial charge in [-0.1, -0.05) is 0 Å². The van der Waals surface area contributed by atoms with Crippen molar-refractivity contribution in [2.45, 2.75) is 19.9 Å². The third kappa shape index (κ3) is 1.37. The minimum absolute atomic E-state index is 0.0197. The van der Waals surface area contributed by atoms with Crippen molar-refractivity contribution in [3.63, 3.8) is 0 Å². The molecule has 0 radical (unpaired) electrons. The van der Waals surface area contributed by atoms with Crippen LogP contribution in [0.3, 0.4) is 0 Å². The summed E-state index contributed by atoms with van der Waals surface area (Å²) < 4.78 is 0. The van der Waals surface area contributed by atoms with Crippen LogP contribution < -0.4 is 5.06 Å². The van der Waals surface area contributed by atoms with Crippen LogP contribution in [-0.4, -0.2) is 12.3 Å². The fourth-order valence-corrected chi connectivity index (χ4v) is 0.677. The molecule has 1 aliphatic heterocycles. The monoisotopic (exact) mass is 126 g/mol. The van der Waals surface area contributed by atoms with Gasteiger partial charge in [0.25, 0.3) is 0 Å². The Hall–Kier alpha value is -0.670. The van der Waals surface area contributed by atoms with E-state index in [1.165, 1.54) is 0 Å². The maximum atomic E-state index is 10.8. The molecule has 0 amide bonds. The van der Waals surface area contributed by atoms with E-state index in [9.17, 15) is 5.21 Å². The molecule has 3 nitrogen and oxygen atoms in total. The average Bonchev–Trinajstić information content (AvgIpc) is 1.80. The number of quaternary nitrogens is 1. The Morgan fingerprint density at radius 2 is 2.44 bits per heavy atom. The van der Waals surface area contributed by atoms with Crippen molar-refractivity contribution < 1.29 is 5.06 Å². The van der Waals surface area contributed by atoms with Crippen molar-refractivity contribution in [3.05, 3.63) is 17.1 Å². The van der Waals surface area contributed by atoms with E-state index in [0.29, 0.717) is 0 Å². The third-order valence-electron chi connectivity index (χ3n) is 1.30. The van der Waals surface area contributed by atoms with Gasteiger partial charge in [0.05, 0.1) is 11.9 Å². The van der Waals surface area contributed by atoms with Crippen molar-refractivity contribution in [3.8, 4) is 0 Å². The molecule has 0 aromatic carbocycles. The summed E-state index contributed by atoms with van der Waals surface area (Å²) in [6.45, 7) is 3.66. The topological polar surface area (TPSA) is 39.9 Å². The second-order valence-electron chi connectivity index (χ2n) is 2.25. The highest BCUT2D eigenvalue weighted by molar-refractivity contribution is 5.64. The lowest BCUT2D eigenvalue weighted by Gasteiger charge is -2.24. The van der Waals surface area contributed by atoms with Gasteiger partial charge in [-0.05, 0) is 13.8 Å². The van der Waals surface area contributed by atoms with E-state index in [4.69, 9.17) is 0 Å². The smallest absolute Gasteiger partial charge is 0.124 e. The maximum Gasteiger partial charge on any atom is 0.124 e. The molecule has 3 heteroatoms. The van der Waals surface area contributed by atoms with Gasteiger partial charge in [0.2, 0.25) is 0 Å². The largest absolute Gasteiger partial charge is 0.629 e. The molecule has 2 atom stereocenters. The van der Waals surface area contributed by atoms with Gasteiger partial charge in [0.1, 0.15) is 12.2 Å². The standard InChI is InChI=1S/C6H10N2O/c1-5-4-8(9)6(2)3-7-5/h3-4,6,8H,1-2H3. The van der Waals surface area contributed by atoms with Crippen molar-refractivity contribution in [1.29, 1.82) is 0 Å². The predicted octanol–water partition coefficient (Wildman–Crippen LogP) is -0.297. The molecule has 1 N–H and O–H groups in total. The van der Waals surface area contributed by atoms with Crippen molar-refractivity contribution in [2.24, 2.45) is 4.99 Å². The average molecular weight is 126 g/mol. The number of allylic oxidation sites excluding steroid dienone is 1. The van der Waals surface area contributed by atoms with Crippen LogP contribution in [-0.2, 0) is 0 Å². The highest BCUT2D eigenvalue weighted by Gasteiger charge is 2.07. The number of aliphatic imine (C=N–C) groups is 1. The summed E-state index contributed by atoms with van der Waals surface area (Å²) in [4.78, 5) is 3.98. The van der Waals surface area contributed by atoms with Crippen LogP contribution in [0.2, 0.25) is 0 Å². The minimum Gasteiger partial charge on any atom is -0.629 e. The SMILES string of the molecule is CC1=C[NH+]([O-])C(C)C=N1. The van der Waals surface area contributed by atoms with Crippen LogP contribution in [0.15, 0.2) is 16.9 Å². The Balaban J connectivity index is 2.70. The summed E-state index contributed by atoms with van der Waals surface area (Å²) in [5, 5.41) is 11.0. The molecule has 1 heterocycles. The highest BCUT2D eigenvalue weighted by Crippen LogP contribution is 1.92. The summed E-state index contributed by atoms with van der Waals surface area (Å²) >= 11 is 0. The molecule has 0 aromatic heterocycles. The van der Waals surface area contributed by atoms with E-state index in [0.717, 1.165) is 5.70 Å². The van der Waals surface area contributed by atoms with E-state index < -0.39 is 0 Å². The highest BCUT2D eigenvalue weighted by atomic mass is 16.5. The Kier molecular flexibility index (Phi) is 1.64. The van der Waals surface area contributed by atoms with E-state index in [1.807, 2.05) is 13.8 Å². The van der Waals surface area contributed by atoms with E-state index in [-0.39, 0.29) is 11.1 Å². The molecule has 9 heavy (non-hydrogen) atoms. The Bertz CT molecular complexity index is 162. The first-order chi connectivity index (χ1) is 4.20. The molecule has 0 aliphatic carbocycles. The summed E-state index contributed by atoms with van der Waals surface area (Å²) in [6, 6.07) is -0.0197. The predicted molar refractivity (Wildman–Crippen MR) is 36.0 cm³/mol. The van der Waals surface area contributed by atoms with Gasteiger partial charge in [-0.25, -0.2) is 0 Å². The zero-order chi connectivity index (χ0) is 6.85. The Morgan fingerprint density at radius 1 is 1.78 bits per heavy atom. The van der Waals surface area contributed by atoms with Gasteiger partial charge in [-0.2, -0.15) is 0 Å². The van der Waals surface area contributed by atoms with Gasteiger partial charge < -0.3 is 10.3 Å². The summed E-state index contributed by atoms with van der Waals surface area (Å²) in [6.07, 6.45) is 3.25. The first kappa shape index (κ1) is 6.45. The molecule has 1 aliphatic rings. The van der Waals surface area contributed by atoms with Crippen molar-refractivity contribution in [2.75, 3.05) is 0 Å². The van der Waals surface area contributed by atoms with E-state index in [1.54, 1.807) is 12.4 Å². The van der Waals surface area contributed by atoms with E-state index >= 15 is 0 Å². The Morgan fingerprint density at radius 3 is 2.89 bits per heavy atom. The number of nitrogens with zero attached hydrogens (tertiary/aromatic N) is 1. The number of rotatable bonds is 0. The molecule has 1 rings (SSSR count). The summed E-state index contributed by atoms with van der Waals surface area (Å²) in [5.41, 5.74) is 0.804. The zero-order valence-electron chi connectivity index (χ0n) is 5.59. The van der Waals surface area contributed by atoms with Crippen LogP contribution in [0.4, 0.5) is 0 Å². The molecule has 0 fully saturated rings. The Labute approximate surface area is 54.3 Å². The minimum atomic E-state index is -0.0197. The van der Waals surface area contributed by atoms with E-state index in [2.05, 4.69) is 4.99 Å². The second-order valence-corrected chi connectivity index (χ2v) is 2.25. The van der Waals surface area contributed by atoms with Crippen molar-refractivity contribution >= 4 is 6.21 Å². The lowest BCUT2D eigenvalue weighted by molar-refractivity contribution is -0.806. The lowest BCUT2D eigenvalue weighted by Crippen LogP contribution is -3.07. The van der Waals surface area contributed by atoms with Gasteiger partial charge in [-0.3, -0.25) is 4.99 Å². The summed E-state index contributed by atoms with van der Waals surface area (Å²) in [5.74, 6) is 0. The van der Waals surface area contributed by atoms with Gasteiger partial charge in [0.15, 0.2) is 0 Å². The van der Waals surface area contributed by atoms with Crippen LogP contribution in [0, 0.1) is 5.21 Å². The number of hydrogen-bond donors (Lipinski definition) is 1. The maximum absolute atomic E-state index is 10.8. The fraction of sp³-hybridized carbons (Fsp3) is 0.500. The molecular formula is C6H10N2O. The lowest BCUT2D eigenvalue weighted by atomic mass is 10.3. The van der Waals surface area contributed by atoms with Gasteiger partial charge in [0, 0.05) is 0 Å². The van der Waals surface area contributed by atoms with Gasteiger partial charge >= 0.3 is 0 Å². The first-order valence-corrected chi connectivity index (χ1v) is 2.96. The molecule has 0 aromatic rings. The molecule has 0 saturated carbocycles. The molecule has 2 unspecified atom stereocenters. The molecule has 0 bridgehead atoms. The first-order valence-electron chi connectivity index (χ1n) is 2.96. The molecule has 0 spiro atoms. The van der Waals surface area contributed by atoms with Crippen LogP contribution >= 0.6 is 0 Å². The molecule has 0 saturated heterocycles. The third-order valence-corrected chi connectivity index (χ3v) is 1.30.